The number of hydrogen-bond donors (Lipinski definition) is 2. The van der Waals surface area contributed by atoms with Crippen LogP contribution in [-0.2, 0) is 10.7 Å². The summed E-state index contributed by atoms with van der Waals surface area (Å²) in [5, 5.41) is 22.0. The topological polar surface area (TPSA) is 40.5 Å². The third-order valence-corrected chi connectivity index (χ3v) is 5.57. The number of halogens is 1. The summed E-state index contributed by atoms with van der Waals surface area (Å²) in [5.41, 5.74) is 3.33. The number of unbranched alkanes of at least 4 members (excludes halogenated alkanes) is 3. The molecule has 3 heteroatoms. The summed E-state index contributed by atoms with van der Waals surface area (Å²) in [6.45, 7) is 6.57. The van der Waals surface area contributed by atoms with Crippen LogP contribution in [0.1, 0.15) is 64.0 Å². The molecule has 2 aromatic rings. The van der Waals surface area contributed by atoms with E-state index in [1.807, 2.05) is 36.4 Å². The van der Waals surface area contributed by atoms with Crippen LogP contribution in [0, 0.1) is 0 Å². The van der Waals surface area contributed by atoms with Gasteiger partial charge in [-0.05, 0) is 40.7 Å². The summed E-state index contributed by atoms with van der Waals surface area (Å²) in [5.74, 6) is 0.287. The molecule has 2 nitrogen and oxygen atoms in total. The van der Waals surface area contributed by atoms with E-state index >= 15 is 0 Å². The lowest BCUT2D eigenvalue weighted by Gasteiger charge is -2.26. The molecule has 0 fully saturated rings. The highest BCUT2D eigenvalue weighted by Crippen LogP contribution is 2.43. The van der Waals surface area contributed by atoms with Gasteiger partial charge in [0.25, 0.3) is 0 Å². The summed E-state index contributed by atoms with van der Waals surface area (Å²) in [6, 6.07) is 11.4. The summed E-state index contributed by atoms with van der Waals surface area (Å²) < 4.78 is 0. The van der Waals surface area contributed by atoms with Gasteiger partial charge >= 0.3 is 0 Å². The average Bonchev–Trinajstić information content (AvgIpc) is 2.58. The first kappa shape index (κ1) is 19.8. The van der Waals surface area contributed by atoms with Crippen LogP contribution in [-0.4, -0.2) is 10.2 Å². The fourth-order valence-electron chi connectivity index (χ4n) is 3.30. The molecule has 0 spiro atoms. The SMILES string of the molecule is CCCCCCC(C)(C)c1cc(O)c(-c2ccccc2CBr)c(O)c1. The van der Waals surface area contributed by atoms with Gasteiger partial charge in [0.15, 0.2) is 0 Å². The van der Waals surface area contributed by atoms with E-state index in [4.69, 9.17) is 0 Å². The average molecular weight is 405 g/mol. The first-order chi connectivity index (χ1) is 11.9. The number of aromatic hydroxyl groups is 2. The van der Waals surface area contributed by atoms with Crippen molar-refractivity contribution in [2.24, 2.45) is 0 Å². The Bertz CT molecular complexity index is 684. The molecule has 0 aliphatic rings. The van der Waals surface area contributed by atoms with E-state index in [1.165, 1.54) is 19.3 Å². The van der Waals surface area contributed by atoms with E-state index in [2.05, 4.69) is 36.7 Å². The van der Waals surface area contributed by atoms with E-state index < -0.39 is 0 Å². The molecule has 25 heavy (non-hydrogen) atoms. The fraction of sp³-hybridized carbons (Fsp3) is 0.455. The third-order valence-electron chi connectivity index (χ3n) is 4.96. The normalized spacial score (nSPS) is 11.7. The minimum Gasteiger partial charge on any atom is -0.507 e. The van der Waals surface area contributed by atoms with Gasteiger partial charge in [0.2, 0.25) is 0 Å². The largest absolute Gasteiger partial charge is 0.507 e. The van der Waals surface area contributed by atoms with Crippen LogP contribution in [0.2, 0.25) is 0 Å². The van der Waals surface area contributed by atoms with Crippen LogP contribution < -0.4 is 0 Å². The molecule has 0 aromatic heterocycles. The highest BCUT2D eigenvalue weighted by atomic mass is 79.9. The molecule has 0 atom stereocenters. The molecule has 0 saturated heterocycles. The molecule has 0 bridgehead atoms. The van der Waals surface area contributed by atoms with E-state index in [-0.39, 0.29) is 16.9 Å². The van der Waals surface area contributed by atoms with Gasteiger partial charge in [0, 0.05) is 5.33 Å². The van der Waals surface area contributed by atoms with Crippen LogP contribution >= 0.6 is 15.9 Å². The first-order valence-electron chi connectivity index (χ1n) is 9.11. The molecule has 0 aliphatic carbocycles. The van der Waals surface area contributed by atoms with Gasteiger partial charge in [0.05, 0.1) is 5.56 Å². The molecule has 2 aromatic carbocycles. The van der Waals surface area contributed by atoms with E-state index in [0.717, 1.165) is 29.5 Å². The van der Waals surface area contributed by atoms with Crippen molar-refractivity contribution >= 4 is 15.9 Å². The zero-order valence-corrected chi connectivity index (χ0v) is 17.1. The predicted molar refractivity (Wildman–Crippen MR) is 110 cm³/mol. The van der Waals surface area contributed by atoms with Crippen LogP contribution in [0.3, 0.4) is 0 Å². The first-order valence-corrected chi connectivity index (χ1v) is 10.2. The standard InChI is InChI=1S/C22H29BrO2/c1-4-5-6-9-12-22(2,3)17-13-19(24)21(20(25)14-17)18-11-8-7-10-16(18)15-23/h7-8,10-11,13-14,24-25H,4-6,9,12,15H2,1-3H3. The number of phenols is 2. The van der Waals surface area contributed by atoms with Crippen LogP contribution in [0.15, 0.2) is 36.4 Å². The van der Waals surface area contributed by atoms with E-state index in [9.17, 15) is 10.2 Å². The maximum absolute atomic E-state index is 10.6. The van der Waals surface area contributed by atoms with Crippen LogP contribution in [0.4, 0.5) is 0 Å². The lowest BCUT2D eigenvalue weighted by molar-refractivity contribution is 0.425. The van der Waals surface area contributed by atoms with Gasteiger partial charge in [0.1, 0.15) is 11.5 Å². The minimum atomic E-state index is -0.0732. The van der Waals surface area contributed by atoms with Crippen molar-refractivity contribution in [2.45, 2.75) is 63.6 Å². The molecule has 2 rings (SSSR count). The second kappa shape index (κ2) is 8.75. The molecule has 2 N–H and O–H groups in total. The molecule has 0 radical (unpaired) electrons. The number of benzene rings is 2. The molecule has 0 aliphatic heterocycles. The Labute approximate surface area is 160 Å². The third kappa shape index (κ3) is 4.78. The summed E-state index contributed by atoms with van der Waals surface area (Å²) in [6.07, 6.45) is 5.92. The maximum atomic E-state index is 10.6. The second-order valence-corrected chi connectivity index (χ2v) is 7.94. The summed E-state index contributed by atoms with van der Waals surface area (Å²) in [4.78, 5) is 0. The molecule has 0 unspecified atom stereocenters. The predicted octanol–water partition coefficient (Wildman–Crippen LogP) is 6.91. The summed E-state index contributed by atoms with van der Waals surface area (Å²) in [7, 11) is 0. The van der Waals surface area contributed by atoms with Crippen LogP contribution in [0.25, 0.3) is 11.1 Å². The molecule has 136 valence electrons. The van der Waals surface area contributed by atoms with Gasteiger partial charge in [-0.15, -0.1) is 0 Å². The van der Waals surface area contributed by atoms with Gasteiger partial charge in [-0.25, -0.2) is 0 Å². The Morgan fingerprint density at radius 3 is 2.20 bits per heavy atom. The van der Waals surface area contributed by atoms with Gasteiger partial charge in [-0.3, -0.25) is 0 Å². The Morgan fingerprint density at radius 2 is 1.60 bits per heavy atom. The Morgan fingerprint density at radius 1 is 0.960 bits per heavy atom. The van der Waals surface area contributed by atoms with Crippen molar-refractivity contribution in [1.29, 1.82) is 0 Å². The lowest BCUT2D eigenvalue weighted by atomic mass is 9.79. The molecular formula is C22H29BrO2. The zero-order chi connectivity index (χ0) is 18.4. The number of rotatable bonds is 8. The molecule has 0 heterocycles. The maximum Gasteiger partial charge on any atom is 0.127 e. The molecular weight excluding hydrogens is 376 g/mol. The Kier molecular flexibility index (Phi) is 6.95. The number of phenolic OH excluding ortho intramolecular Hbond substituents is 2. The zero-order valence-electron chi connectivity index (χ0n) is 15.5. The highest BCUT2D eigenvalue weighted by Gasteiger charge is 2.24. The summed E-state index contributed by atoms with van der Waals surface area (Å²) >= 11 is 3.48. The number of alkyl halides is 1. The lowest BCUT2D eigenvalue weighted by Crippen LogP contribution is -2.17. The van der Waals surface area contributed by atoms with E-state index in [1.54, 1.807) is 0 Å². The van der Waals surface area contributed by atoms with Crippen molar-refractivity contribution in [3.05, 3.63) is 47.5 Å². The van der Waals surface area contributed by atoms with Gasteiger partial charge in [-0.2, -0.15) is 0 Å². The quantitative estimate of drug-likeness (QED) is 0.370. The van der Waals surface area contributed by atoms with Crippen molar-refractivity contribution in [3.8, 4) is 22.6 Å². The fourth-order valence-corrected chi connectivity index (χ4v) is 3.79. The van der Waals surface area contributed by atoms with Crippen molar-refractivity contribution in [1.82, 2.24) is 0 Å². The van der Waals surface area contributed by atoms with Gasteiger partial charge in [-0.1, -0.05) is 86.6 Å². The monoisotopic (exact) mass is 404 g/mol. The van der Waals surface area contributed by atoms with Crippen molar-refractivity contribution in [3.63, 3.8) is 0 Å². The minimum absolute atomic E-state index is 0.0732. The van der Waals surface area contributed by atoms with E-state index in [0.29, 0.717) is 10.9 Å². The Hall–Kier alpha value is -1.48. The van der Waals surface area contributed by atoms with Crippen molar-refractivity contribution in [2.75, 3.05) is 0 Å². The molecule has 0 saturated carbocycles. The smallest absolute Gasteiger partial charge is 0.127 e. The number of hydrogen-bond acceptors (Lipinski definition) is 2. The van der Waals surface area contributed by atoms with Gasteiger partial charge < -0.3 is 10.2 Å². The highest BCUT2D eigenvalue weighted by molar-refractivity contribution is 9.08. The second-order valence-electron chi connectivity index (χ2n) is 7.37. The van der Waals surface area contributed by atoms with Crippen LogP contribution in [0.5, 0.6) is 11.5 Å². The molecule has 0 amide bonds. The van der Waals surface area contributed by atoms with Crippen molar-refractivity contribution < 1.29 is 10.2 Å². The Balaban J connectivity index is 2.34.